The molecule has 0 saturated carbocycles. The number of para-hydroxylation sites is 2. The van der Waals surface area contributed by atoms with Crippen LogP contribution in [0.15, 0.2) is 121 Å². The molecule has 0 aliphatic carbocycles. The van der Waals surface area contributed by atoms with Crippen molar-refractivity contribution in [1.29, 1.82) is 0 Å². The van der Waals surface area contributed by atoms with Gasteiger partial charge >= 0.3 is 0 Å². The Morgan fingerprint density at radius 2 is 1.39 bits per heavy atom. The quantitative estimate of drug-likeness (QED) is 0.318. The van der Waals surface area contributed by atoms with Crippen LogP contribution in [0.1, 0.15) is 23.3 Å². The highest BCUT2D eigenvalue weighted by Crippen LogP contribution is 2.40. The first kappa shape index (κ1) is 8.28. The van der Waals surface area contributed by atoms with Crippen LogP contribution < -0.4 is 26.0 Å². The largest absolute Gasteiger partial charge is 0.458 e. The molecule has 0 aromatic heterocycles. The van der Waals surface area contributed by atoms with Crippen LogP contribution in [0.25, 0.3) is 11.1 Å². The van der Waals surface area contributed by atoms with Crippen molar-refractivity contribution in [3.05, 3.63) is 121 Å². The summed E-state index contributed by atoms with van der Waals surface area (Å²) in [5.74, 6) is -0.307. The Balaban J connectivity index is 1.67. The highest BCUT2D eigenvalue weighted by Gasteiger charge is 2.41. The molecule has 3 heteroatoms. The van der Waals surface area contributed by atoms with Gasteiger partial charge in [0.15, 0.2) is 0 Å². The van der Waals surface area contributed by atoms with Gasteiger partial charge < -0.3 is 9.64 Å². The van der Waals surface area contributed by atoms with Crippen LogP contribution in [0.5, 0.6) is 11.5 Å². The van der Waals surface area contributed by atoms with Crippen molar-refractivity contribution in [2.24, 2.45) is 0 Å². The van der Waals surface area contributed by atoms with Gasteiger partial charge in [-0.2, -0.15) is 0 Å². The molecule has 2 aliphatic rings. The number of hydrogen-bond acceptors (Lipinski definition) is 2. The molecule has 0 fully saturated rings. The highest BCUT2D eigenvalue weighted by atomic mass is 16.5. The van der Waals surface area contributed by atoms with E-state index in [2.05, 4.69) is 0 Å². The molecule has 0 saturated heterocycles. The molecule has 0 amide bonds. The van der Waals surface area contributed by atoms with Gasteiger partial charge in [0.2, 0.25) is 0 Å². The molecular weight excluding hydrogens is 401 g/mol. The minimum Gasteiger partial charge on any atom is -0.458 e. The lowest BCUT2D eigenvalue weighted by molar-refractivity contribution is 0.487. The highest BCUT2D eigenvalue weighted by molar-refractivity contribution is 6.99. The Hall–Kier alpha value is -4.24. The van der Waals surface area contributed by atoms with Gasteiger partial charge in [-0.1, -0.05) is 84.6 Å². The maximum absolute atomic E-state index is 9.43. The second kappa shape index (κ2) is 7.14. The molecule has 0 N–H and O–H groups in total. The van der Waals surface area contributed by atoms with E-state index >= 15 is 0 Å². The van der Waals surface area contributed by atoms with Gasteiger partial charge in [0, 0.05) is 17.1 Å². The van der Waals surface area contributed by atoms with Crippen LogP contribution >= 0.6 is 0 Å². The molecule has 5 aromatic rings. The summed E-state index contributed by atoms with van der Waals surface area (Å²) in [5.41, 5.74) is -1.93. The lowest BCUT2D eigenvalue weighted by Gasteiger charge is -2.40. The molecule has 2 heterocycles. The number of fused-ring (bicyclic) bond motifs is 4. The molecule has 33 heavy (non-hydrogen) atoms. The Morgan fingerprint density at radius 1 is 0.636 bits per heavy atom. The molecule has 0 unspecified atom stereocenters. The van der Waals surface area contributed by atoms with Crippen molar-refractivity contribution < 1.29 is 28.0 Å². The van der Waals surface area contributed by atoms with Crippen molar-refractivity contribution in [2.75, 3.05) is 4.90 Å². The first-order valence-corrected chi connectivity index (χ1v) is 9.94. The maximum Gasteiger partial charge on any atom is 0.256 e. The molecular formula is C30H20BNO. The van der Waals surface area contributed by atoms with Crippen LogP contribution in [0.3, 0.4) is 0 Å². The lowest BCUT2D eigenvalue weighted by Crippen LogP contribution is -2.59. The van der Waals surface area contributed by atoms with E-state index in [1.165, 1.54) is 18.2 Å². The standard InChI is InChI=1S/C30H20BNO/c1-3-10-21(11-4-1)22-18-19-28-25(20-22)31-24-14-7-8-15-26(24)32(23-12-5-2-6-13-23)27-16-9-17-29(33-28)30(27)31/h1-20H/i1D,2D,3D,4D,5D,6D,7D,8D,10D,11D,12D,13D,14D,15D,18D,19D,20D. The van der Waals surface area contributed by atoms with Gasteiger partial charge in [-0.25, -0.2) is 0 Å². The molecule has 0 bridgehead atoms. The summed E-state index contributed by atoms with van der Waals surface area (Å²) < 4.78 is 152. The fraction of sp³-hybridized carbons (Fsp3) is 0. The Labute approximate surface area is 217 Å². The third kappa shape index (κ3) is 2.76. The van der Waals surface area contributed by atoms with E-state index in [1.54, 1.807) is 0 Å². The summed E-state index contributed by atoms with van der Waals surface area (Å²) >= 11 is 0. The van der Waals surface area contributed by atoms with Gasteiger partial charge in [0.1, 0.15) is 11.5 Å². The fourth-order valence-electron chi connectivity index (χ4n) is 4.25. The van der Waals surface area contributed by atoms with E-state index in [1.807, 2.05) is 0 Å². The summed E-state index contributed by atoms with van der Waals surface area (Å²) in [5, 5.41) is 0. The molecule has 0 atom stereocenters. The van der Waals surface area contributed by atoms with Crippen LogP contribution in [-0.4, -0.2) is 6.71 Å². The molecule has 5 aromatic carbocycles. The zero-order valence-corrected chi connectivity index (χ0v) is 16.7. The fourth-order valence-corrected chi connectivity index (χ4v) is 4.25. The third-order valence-electron chi connectivity index (χ3n) is 5.55. The Morgan fingerprint density at radius 3 is 2.24 bits per heavy atom. The number of anilines is 3. The third-order valence-corrected chi connectivity index (χ3v) is 5.55. The van der Waals surface area contributed by atoms with Crippen LogP contribution in [-0.2, 0) is 0 Å². The molecule has 2 nitrogen and oxygen atoms in total. The van der Waals surface area contributed by atoms with Gasteiger partial charge in [-0.3, -0.25) is 0 Å². The predicted octanol–water partition coefficient (Wildman–Crippen LogP) is 5.76. The van der Waals surface area contributed by atoms with Crippen molar-refractivity contribution in [2.45, 2.75) is 0 Å². The summed E-state index contributed by atoms with van der Waals surface area (Å²) in [7, 11) is 0. The normalized spacial score (nSPS) is 20.2. The Kier molecular flexibility index (Phi) is 1.79. The van der Waals surface area contributed by atoms with Crippen molar-refractivity contribution in [3.63, 3.8) is 0 Å². The average Bonchev–Trinajstić information content (AvgIpc) is 3.10. The average molecular weight is 438 g/mol. The zero-order chi connectivity index (χ0) is 36.6. The monoisotopic (exact) mass is 438 g/mol. The lowest BCUT2D eigenvalue weighted by atomic mass is 9.34. The summed E-state index contributed by atoms with van der Waals surface area (Å²) in [6, 6.07) is -7.16. The smallest absolute Gasteiger partial charge is 0.256 e. The molecule has 0 radical (unpaired) electrons. The number of nitrogens with zero attached hydrogens (tertiary/aromatic N) is 1. The van der Waals surface area contributed by atoms with E-state index in [4.69, 9.17) is 26.7 Å². The van der Waals surface area contributed by atoms with E-state index in [0.717, 1.165) is 4.90 Å². The second-order valence-electron chi connectivity index (χ2n) is 7.29. The molecule has 7 rings (SSSR count). The topological polar surface area (TPSA) is 12.5 Å². The number of hydrogen-bond donors (Lipinski definition) is 0. The van der Waals surface area contributed by atoms with Gasteiger partial charge in [-0.15, -0.1) is 0 Å². The molecule has 0 spiro atoms. The number of rotatable bonds is 2. The summed E-state index contributed by atoms with van der Waals surface area (Å²) in [6.07, 6.45) is 0. The van der Waals surface area contributed by atoms with Crippen LogP contribution in [0.4, 0.5) is 17.1 Å². The van der Waals surface area contributed by atoms with Crippen molar-refractivity contribution >= 4 is 40.2 Å². The van der Waals surface area contributed by atoms with E-state index < -0.39 is 126 Å². The SMILES string of the molecule is [2H]c1c([2H])c([2H])c(-c2c([2H])c([2H])c3c(c2[2H])B2c4c(cccc4N(c4c([2H])c([2H])c([2H])c([2H])c4[2H])c4c([2H])c([2H])c([2H])c([2H])c42)O3)c([2H])c1[2H]. The second-order valence-corrected chi connectivity index (χ2v) is 7.29. The molecule has 2 aliphatic heterocycles. The summed E-state index contributed by atoms with van der Waals surface area (Å²) in [4.78, 5) is 1.14. The van der Waals surface area contributed by atoms with E-state index in [9.17, 15) is 1.37 Å². The Bertz CT molecular complexity index is 2360. The number of benzene rings is 5. The first-order chi connectivity index (χ1) is 23.4. The van der Waals surface area contributed by atoms with E-state index in [-0.39, 0.29) is 39.3 Å². The van der Waals surface area contributed by atoms with Crippen molar-refractivity contribution in [1.82, 2.24) is 0 Å². The summed E-state index contributed by atoms with van der Waals surface area (Å²) in [6.45, 7) is -1.36. The minimum atomic E-state index is -1.36. The van der Waals surface area contributed by atoms with Crippen molar-refractivity contribution in [3.8, 4) is 22.6 Å². The zero-order valence-electron chi connectivity index (χ0n) is 33.7. The van der Waals surface area contributed by atoms with Gasteiger partial charge in [0.25, 0.3) is 6.71 Å². The molecule has 154 valence electrons. The van der Waals surface area contributed by atoms with E-state index in [0.29, 0.717) is 0 Å². The number of ether oxygens (including phenoxy) is 1. The predicted molar refractivity (Wildman–Crippen MR) is 138 cm³/mol. The minimum absolute atomic E-state index is 0.0262. The maximum atomic E-state index is 9.43. The van der Waals surface area contributed by atoms with Crippen LogP contribution in [0, 0.1) is 0 Å². The first-order valence-electron chi connectivity index (χ1n) is 18.4. The van der Waals surface area contributed by atoms with Gasteiger partial charge in [-0.05, 0) is 63.8 Å². The van der Waals surface area contributed by atoms with Gasteiger partial charge in [0.05, 0.1) is 23.3 Å². The van der Waals surface area contributed by atoms with Crippen LogP contribution in [0.2, 0.25) is 0 Å².